The minimum atomic E-state index is -0.156. The van der Waals surface area contributed by atoms with Gasteiger partial charge in [0, 0.05) is 12.7 Å². The van der Waals surface area contributed by atoms with Crippen molar-refractivity contribution < 1.29 is 9.18 Å². The van der Waals surface area contributed by atoms with Crippen molar-refractivity contribution in [2.45, 2.75) is 20.4 Å². The molecule has 0 aliphatic heterocycles. The molecule has 2 nitrogen and oxygen atoms in total. The summed E-state index contributed by atoms with van der Waals surface area (Å²) < 4.78 is 15.3. The first-order chi connectivity index (χ1) is 8.11. The largest absolute Gasteiger partial charge is 0.341 e. The van der Waals surface area contributed by atoms with Crippen molar-refractivity contribution in [3.8, 4) is 0 Å². The molecular weight excluding hydrogens is 217 g/mol. The van der Waals surface area contributed by atoms with Crippen molar-refractivity contribution in [1.29, 1.82) is 0 Å². The summed E-state index contributed by atoms with van der Waals surface area (Å²) in [6.45, 7) is 4.09. The van der Waals surface area contributed by atoms with E-state index in [1.54, 1.807) is 19.9 Å². The second-order valence-corrected chi connectivity index (χ2v) is 4.22. The molecule has 0 aliphatic rings. The average Bonchev–Trinajstić information content (AvgIpc) is 2.73. The SMILES string of the molecule is Cc1cc(Cn2cccc2C=O)cc(C)c1F. The van der Waals surface area contributed by atoms with Crippen LogP contribution in [0.25, 0.3) is 0 Å². The Balaban J connectivity index is 2.34. The Hall–Kier alpha value is -1.90. The van der Waals surface area contributed by atoms with Gasteiger partial charge in [0.1, 0.15) is 5.82 Å². The molecule has 88 valence electrons. The fourth-order valence-electron chi connectivity index (χ4n) is 2.00. The Morgan fingerprint density at radius 1 is 1.29 bits per heavy atom. The third kappa shape index (κ3) is 2.28. The Labute approximate surface area is 99.7 Å². The zero-order valence-electron chi connectivity index (χ0n) is 9.90. The summed E-state index contributed by atoms with van der Waals surface area (Å²) in [5, 5.41) is 0. The summed E-state index contributed by atoms with van der Waals surface area (Å²) in [6.07, 6.45) is 2.67. The molecule has 1 heterocycles. The van der Waals surface area contributed by atoms with Crippen LogP contribution in [0.4, 0.5) is 4.39 Å². The number of aromatic nitrogens is 1. The van der Waals surface area contributed by atoms with Gasteiger partial charge in [0.25, 0.3) is 0 Å². The zero-order chi connectivity index (χ0) is 12.4. The van der Waals surface area contributed by atoms with E-state index in [9.17, 15) is 9.18 Å². The van der Waals surface area contributed by atoms with Gasteiger partial charge < -0.3 is 4.57 Å². The van der Waals surface area contributed by atoms with Crippen LogP contribution in [0.2, 0.25) is 0 Å². The smallest absolute Gasteiger partial charge is 0.166 e. The molecule has 3 heteroatoms. The number of benzene rings is 1. The monoisotopic (exact) mass is 231 g/mol. The van der Waals surface area contributed by atoms with Crippen LogP contribution in [0.15, 0.2) is 30.5 Å². The first-order valence-electron chi connectivity index (χ1n) is 5.47. The van der Waals surface area contributed by atoms with Crippen LogP contribution in [-0.2, 0) is 6.54 Å². The lowest BCUT2D eigenvalue weighted by molar-refractivity contribution is 0.111. The number of aldehydes is 1. The van der Waals surface area contributed by atoms with Crippen LogP contribution in [0, 0.1) is 19.7 Å². The number of carbonyl (C=O) groups excluding carboxylic acids is 1. The maximum absolute atomic E-state index is 13.5. The highest BCUT2D eigenvalue weighted by Crippen LogP contribution is 2.16. The molecule has 0 atom stereocenters. The van der Waals surface area contributed by atoms with E-state index in [4.69, 9.17) is 0 Å². The van der Waals surface area contributed by atoms with Gasteiger partial charge in [-0.1, -0.05) is 12.1 Å². The maximum Gasteiger partial charge on any atom is 0.166 e. The van der Waals surface area contributed by atoms with Crippen LogP contribution >= 0.6 is 0 Å². The predicted octanol–water partition coefficient (Wildman–Crippen LogP) is 3.10. The molecule has 1 aromatic heterocycles. The van der Waals surface area contributed by atoms with Crippen LogP contribution in [0.5, 0.6) is 0 Å². The van der Waals surface area contributed by atoms with E-state index in [0.29, 0.717) is 23.4 Å². The third-order valence-corrected chi connectivity index (χ3v) is 2.83. The normalized spacial score (nSPS) is 10.5. The van der Waals surface area contributed by atoms with Gasteiger partial charge in [-0.15, -0.1) is 0 Å². The quantitative estimate of drug-likeness (QED) is 0.744. The first kappa shape index (κ1) is 11.6. The predicted molar refractivity (Wildman–Crippen MR) is 64.8 cm³/mol. The van der Waals surface area contributed by atoms with Crippen LogP contribution in [0.3, 0.4) is 0 Å². The molecule has 0 amide bonds. The lowest BCUT2D eigenvalue weighted by atomic mass is 10.1. The summed E-state index contributed by atoms with van der Waals surface area (Å²) in [6, 6.07) is 7.22. The third-order valence-electron chi connectivity index (χ3n) is 2.83. The Morgan fingerprint density at radius 3 is 2.53 bits per heavy atom. The Kier molecular flexibility index (Phi) is 3.09. The second kappa shape index (κ2) is 4.53. The summed E-state index contributed by atoms with van der Waals surface area (Å²) in [5.41, 5.74) is 2.91. The van der Waals surface area contributed by atoms with Gasteiger partial charge in [-0.05, 0) is 42.7 Å². The second-order valence-electron chi connectivity index (χ2n) is 4.22. The highest BCUT2D eigenvalue weighted by molar-refractivity contribution is 5.72. The lowest BCUT2D eigenvalue weighted by Crippen LogP contribution is -2.03. The van der Waals surface area contributed by atoms with Gasteiger partial charge in [-0.2, -0.15) is 0 Å². The molecular formula is C14H14FNO. The van der Waals surface area contributed by atoms with Crippen molar-refractivity contribution in [2.75, 3.05) is 0 Å². The van der Waals surface area contributed by atoms with Gasteiger partial charge in [0.05, 0.1) is 5.69 Å². The topological polar surface area (TPSA) is 22.0 Å². The Morgan fingerprint density at radius 2 is 1.94 bits per heavy atom. The molecule has 17 heavy (non-hydrogen) atoms. The highest BCUT2D eigenvalue weighted by atomic mass is 19.1. The minimum Gasteiger partial charge on any atom is -0.341 e. The van der Waals surface area contributed by atoms with Crippen molar-refractivity contribution in [3.63, 3.8) is 0 Å². The number of carbonyl (C=O) groups is 1. The van der Waals surface area contributed by atoms with E-state index in [1.165, 1.54) is 0 Å². The molecule has 2 aromatic rings. The number of nitrogens with zero attached hydrogens (tertiary/aromatic N) is 1. The summed E-state index contributed by atoms with van der Waals surface area (Å²) >= 11 is 0. The number of hydrogen-bond acceptors (Lipinski definition) is 1. The van der Waals surface area contributed by atoms with Gasteiger partial charge in [0.2, 0.25) is 0 Å². The van der Waals surface area contributed by atoms with Crippen molar-refractivity contribution in [1.82, 2.24) is 4.57 Å². The molecule has 0 radical (unpaired) electrons. The van der Waals surface area contributed by atoms with E-state index >= 15 is 0 Å². The van der Waals surface area contributed by atoms with Crippen molar-refractivity contribution in [3.05, 3.63) is 58.7 Å². The van der Waals surface area contributed by atoms with Crippen molar-refractivity contribution in [2.24, 2.45) is 0 Å². The van der Waals surface area contributed by atoms with E-state index in [2.05, 4.69) is 0 Å². The van der Waals surface area contributed by atoms with Crippen molar-refractivity contribution >= 4 is 6.29 Å². The van der Waals surface area contributed by atoms with Gasteiger partial charge in [-0.25, -0.2) is 4.39 Å². The first-order valence-corrected chi connectivity index (χ1v) is 5.47. The Bertz CT molecular complexity index is 534. The summed E-state index contributed by atoms with van der Waals surface area (Å²) in [5.74, 6) is -0.156. The van der Waals surface area contributed by atoms with Gasteiger partial charge in [-0.3, -0.25) is 4.79 Å². The minimum absolute atomic E-state index is 0.156. The molecule has 0 unspecified atom stereocenters. The van der Waals surface area contributed by atoms with Crippen LogP contribution in [-0.4, -0.2) is 10.9 Å². The van der Waals surface area contributed by atoms with Gasteiger partial charge in [0.15, 0.2) is 6.29 Å². The molecule has 0 aliphatic carbocycles. The zero-order valence-corrected chi connectivity index (χ0v) is 9.90. The number of hydrogen-bond donors (Lipinski definition) is 0. The fraction of sp³-hybridized carbons (Fsp3) is 0.214. The molecule has 0 N–H and O–H groups in total. The summed E-state index contributed by atoms with van der Waals surface area (Å²) in [4.78, 5) is 10.8. The van der Waals surface area contributed by atoms with Gasteiger partial charge >= 0.3 is 0 Å². The maximum atomic E-state index is 13.5. The lowest BCUT2D eigenvalue weighted by Gasteiger charge is -2.09. The molecule has 1 aromatic carbocycles. The molecule has 0 spiro atoms. The highest BCUT2D eigenvalue weighted by Gasteiger charge is 2.06. The van der Waals surface area contributed by atoms with Crippen LogP contribution < -0.4 is 0 Å². The number of rotatable bonds is 3. The number of halogens is 1. The standard InChI is InChI=1S/C14H14FNO/c1-10-6-12(7-11(2)14(10)15)8-16-5-3-4-13(16)9-17/h3-7,9H,8H2,1-2H3. The summed E-state index contributed by atoms with van der Waals surface area (Å²) in [7, 11) is 0. The molecule has 0 bridgehead atoms. The fourth-order valence-corrected chi connectivity index (χ4v) is 2.00. The van der Waals surface area contributed by atoms with E-state index in [1.807, 2.05) is 29.0 Å². The molecule has 2 rings (SSSR count). The van der Waals surface area contributed by atoms with Crippen LogP contribution in [0.1, 0.15) is 27.2 Å². The van der Waals surface area contributed by atoms with E-state index in [-0.39, 0.29) is 5.82 Å². The molecule has 0 fully saturated rings. The molecule has 0 saturated heterocycles. The van der Waals surface area contributed by atoms with E-state index in [0.717, 1.165) is 11.8 Å². The van der Waals surface area contributed by atoms with E-state index < -0.39 is 0 Å². The molecule has 0 saturated carbocycles. The number of aryl methyl sites for hydroxylation is 2. The average molecular weight is 231 g/mol.